The second kappa shape index (κ2) is 8.08. The van der Waals surface area contributed by atoms with Gasteiger partial charge in [0.15, 0.2) is 5.78 Å². The minimum Gasteiger partial charge on any atom is -0.379 e. The molecule has 0 spiro atoms. The van der Waals surface area contributed by atoms with E-state index < -0.39 is 0 Å². The van der Waals surface area contributed by atoms with Crippen molar-refractivity contribution in [2.45, 2.75) is 38.2 Å². The van der Waals surface area contributed by atoms with Crippen LogP contribution in [-0.4, -0.2) is 31.7 Å². The molecule has 1 aromatic carbocycles. The van der Waals surface area contributed by atoms with Gasteiger partial charge < -0.3 is 9.47 Å². The van der Waals surface area contributed by atoms with Crippen LogP contribution < -0.4 is 0 Å². The van der Waals surface area contributed by atoms with Crippen LogP contribution in [0.2, 0.25) is 0 Å². The van der Waals surface area contributed by atoms with Crippen LogP contribution in [0.5, 0.6) is 0 Å². The SMILES string of the molecule is O=C(CCCOCC1CCCCO1)c1ccccc1. The van der Waals surface area contributed by atoms with E-state index >= 15 is 0 Å². The predicted molar refractivity (Wildman–Crippen MR) is 74.4 cm³/mol. The first-order valence-corrected chi connectivity index (χ1v) is 7.14. The Bertz CT molecular complexity index is 369. The standard InChI is InChI=1S/C16H22O3/c17-16(14-7-2-1-3-8-14)10-6-11-18-13-15-9-4-5-12-19-15/h1-3,7-8,15H,4-6,9-13H2. The van der Waals surface area contributed by atoms with Crippen molar-refractivity contribution in [3.63, 3.8) is 0 Å². The van der Waals surface area contributed by atoms with Crippen LogP contribution in [0.15, 0.2) is 30.3 Å². The van der Waals surface area contributed by atoms with Crippen molar-refractivity contribution in [2.24, 2.45) is 0 Å². The molecule has 1 aliphatic heterocycles. The molecule has 1 atom stereocenters. The second-order valence-electron chi connectivity index (χ2n) is 4.96. The van der Waals surface area contributed by atoms with E-state index in [4.69, 9.17) is 9.47 Å². The summed E-state index contributed by atoms with van der Waals surface area (Å²) in [6.07, 6.45) is 5.10. The highest BCUT2D eigenvalue weighted by Gasteiger charge is 2.13. The van der Waals surface area contributed by atoms with Gasteiger partial charge in [0.25, 0.3) is 0 Å². The van der Waals surface area contributed by atoms with Crippen molar-refractivity contribution < 1.29 is 14.3 Å². The third-order valence-corrected chi connectivity index (χ3v) is 3.37. The van der Waals surface area contributed by atoms with Crippen LogP contribution in [0.25, 0.3) is 0 Å². The Morgan fingerprint density at radius 2 is 2.11 bits per heavy atom. The van der Waals surface area contributed by atoms with Gasteiger partial charge in [-0.3, -0.25) is 4.79 Å². The summed E-state index contributed by atoms with van der Waals surface area (Å²) in [5, 5.41) is 0. The highest BCUT2D eigenvalue weighted by atomic mass is 16.5. The topological polar surface area (TPSA) is 35.5 Å². The summed E-state index contributed by atoms with van der Waals surface area (Å²) in [7, 11) is 0. The lowest BCUT2D eigenvalue weighted by molar-refractivity contribution is -0.0408. The molecule has 0 radical (unpaired) electrons. The van der Waals surface area contributed by atoms with Crippen LogP contribution >= 0.6 is 0 Å². The fourth-order valence-corrected chi connectivity index (χ4v) is 2.26. The van der Waals surface area contributed by atoms with Gasteiger partial charge in [0.2, 0.25) is 0 Å². The Morgan fingerprint density at radius 1 is 1.26 bits per heavy atom. The van der Waals surface area contributed by atoms with Gasteiger partial charge in [0.05, 0.1) is 12.7 Å². The van der Waals surface area contributed by atoms with Crippen LogP contribution in [-0.2, 0) is 9.47 Å². The van der Waals surface area contributed by atoms with Gasteiger partial charge in [-0.05, 0) is 25.7 Å². The predicted octanol–water partition coefficient (Wildman–Crippen LogP) is 3.24. The number of carbonyl (C=O) groups excluding carboxylic acids is 1. The Balaban J connectivity index is 1.55. The first kappa shape index (κ1) is 14.2. The number of rotatable bonds is 7. The third kappa shape index (κ3) is 5.13. The zero-order valence-corrected chi connectivity index (χ0v) is 11.3. The molecule has 2 rings (SSSR count). The first-order chi connectivity index (χ1) is 9.36. The number of carbonyl (C=O) groups is 1. The highest BCUT2D eigenvalue weighted by Crippen LogP contribution is 2.13. The molecule has 1 aliphatic rings. The van der Waals surface area contributed by atoms with E-state index in [1.807, 2.05) is 30.3 Å². The molecule has 1 fully saturated rings. The largest absolute Gasteiger partial charge is 0.379 e. The first-order valence-electron chi connectivity index (χ1n) is 7.14. The minimum absolute atomic E-state index is 0.193. The number of hydrogen-bond acceptors (Lipinski definition) is 3. The lowest BCUT2D eigenvalue weighted by Crippen LogP contribution is -2.24. The van der Waals surface area contributed by atoms with Gasteiger partial charge in [-0.1, -0.05) is 30.3 Å². The maximum atomic E-state index is 11.8. The molecule has 1 heterocycles. The molecule has 1 aromatic rings. The zero-order chi connectivity index (χ0) is 13.3. The average molecular weight is 262 g/mol. The number of Topliss-reactive ketones (excluding diaryl/α,β-unsaturated/α-hetero) is 1. The van der Waals surface area contributed by atoms with Gasteiger partial charge in [-0.2, -0.15) is 0 Å². The average Bonchev–Trinajstić information content (AvgIpc) is 2.49. The van der Waals surface area contributed by atoms with Crippen LogP contribution in [0.4, 0.5) is 0 Å². The number of ether oxygens (including phenoxy) is 2. The van der Waals surface area contributed by atoms with Gasteiger partial charge in [0.1, 0.15) is 0 Å². The van der Waals surface area contributed by atoms with Crippen molar-refractivity contribution in [3.8, 4) is 0 Å². The van der Waals surface area contributed by atoms with Crippen molar-refractivity contribution in [1.29, 1.82) is 0 Å². The van der Waals surface area contributed by atoms with E-state index in [9.17, 15) is 4.79 Å². The Labute approximate surface area is 114 Å². The molecular weight excluding hydrogens is 240 g/mol. The minimum atomic E-state index is 0.193. The molecule has 19 heavy (non-hydrogen) atoms. The summed E-state index contributed by atoms with van der Waals surface area (Å²) < 4.78 is 11.2. The summed E-state index contributed by atoms with van der Waals surface area (Å²) in [6.45, 7) is 2.17. The fourth-order valence-electron chi connectivity index (χ4n) is 2.26. The molecule has 0 aliphatic carbocycles. The van der Waals surface area contributed by atoms with E-state index in [1.54, 1.807) is 0 Å². The molecule has 0 N–H and O–H groups in total. The van der Waals surface area contributed by atoms with Crippen molar-refractivity contribution in [1.82, 2.24) is 0 Å². The monoisotopic (exact) mass is 262 g/mol. The maximum Gasteiger partial charge on any atom is 0.162 e. The summed E-state index contributed by atoms with van der Waals surface area (Å²) in [4.78, 5) is 11.8. The number of hydrogen-bond donors (Lipinski definition) is 0. The Morgan fingerprint density at radius 3 is 2.84 bits per heavy atom. The molecule has 0 amide bonds. The number of benzene rings is 1. The molecule has 0 aromatic heterocycles. The van der Waals surface area contributed by atoms with Crippen molar-refractivity contribution in [3.05, 3.63) is 35.9 Å². The Hall–Kier alpha value is -1.19. The molecule has 3 heteroatoms. The summed E-state index contributed by atoms with van der Waals surface area (Å²) in [5.41, 5.74) is 0.790. The molecule has 1 unspecified atom stereocenters. The van der Waals surface area contributed by atoms with Crippen LogP contribution in [0.1, 0.15) is 42.5 Å². The summed E-state index contributed by atoms with van der Waals surface area (Å²) in [5.74, 6) is 0.193. The molecule has 3 nitrogen and oxygen atoms in total. The summed E-state index contributed by atoms with van der Waals surface area (Å²) >= 11 is 0. The molecule has 1 saturated heterocycles. The van der Waals surface area contributed by atoms with Crippen LogP contribution in [0, 0.1) is 0 Å². The second-order valence-corrected chi connectivity index (χ2v) is 4.96. The maximum absolute atomic E-state index is 11.8. The van der Waals surface area contributed by atoms with Crippen molar-refractivity contribution in [2.75, 3.05) is 19.8 Å². The quantitative estimate of drug-likeness (QED) is 0.559. The fraction of sp³-hybridized carbons (Fsp3) is 0.562. The van der Waals surface area contributed by atoms with E-state index in [-0.39, 0.29) is 11.9 Å². The van der Waals surface area contributed by atoms with Gasteiger partial charge in [0, 0.05) is 25.2 Å². The Kier molecular flexibility index (Phi) is 6.05. The zero-order valence-electron chi connectivity index (χ0n) is 11.3. The summed E-state index contributed by atoms with van der Waals surface area (Å²) in [6, 6.07) is 9.43. The van der Waals surface area contributed by atoms with Crippen molar-refractivity contribution >= 4 is 5.78 Å². The van der Waals surface area contributed by atoms with Gasteiger partial charge in [-0.25, -0.2) is 0 Å². The molecule has 0 bridgehead atoms. The number of ketones is 1. The lowest BCUT2D eigenvalue weighted by Gasteiger charge is -2.22. The molecule has 0 saturated carbocycles. The van der Waals surface area contributed by atoms with E-state index in [2.05, 4.69) is 0 Å². The van der Waals surface area contributed by atoms with Gasteiger partial charge >= 0.3 is 0 Å². The third-order valence-electron chi connectivity index (χ3n) is 3.37. The van der Waals surface area contributed by atoms with E-state index in [0.717, 1.165) is 25.0 Å². The lowest BCUT2D eigenvalue weighted by atomic mass is 10.1. The normalized spacial score (nSPS) is 19.3. The highest BCUT2D eigenvalue weighted by molar-refractivity contribution is 5.95. The smallest absolute Gasteiger partial charge is 0.162 e. The van der Waals surface area contributed by atoms with E-state index in [1.165, 1.54) is 12.8 Å². The molecule has 104 valence electrons. The molecular formula is C16H22O3. The van der Waals surface area contributed by atoms with Crippen LogP contribution in [0.3, 0.4) is 0 Å². The van der Waals surface area contributed by atoms with E-state index in [0.29, 0.717) is 19.6 Å². The van der Waals surface area contributed by atoms with Gasteiger partial charge in [-0.15, -0.1) is 0 Å².